The van der Waals surface area contributed by atoms with Gasteiger partial charge in [-0.3, -0.25) is 0 Å². The fraction of sp³-hybridized carbons (Fsp3) is 0.636. The average molecular weight is 262 g/mol. The largest absolute Gasteiger partial charge is 0.412 e. The van der Waals surface area contributed by atoms with Gasteiger partial charge in [0, 0.05) is 10.9 Å². The van der Waals surface area contributed by atoms with Gasteiger partial charge in [-0.25, -0.2) is 0 Å². The normalized spacial score (nSPS) is 13.2. The molecule has 0 N–H and O–H groups in total. The lowest BCUT2D eigenvalue weighted by molar-refractivity contribution is 0.279. The molecule has 1 radical (unpaired) electrons. The third-order valence-corrected chi connectivity index (χ3v) is 8.56. The van der Waals surface area contributed by atoms with Gasteiger partial charge >= 0.3 is 0 Å². The minimum absolute atomic E-state index is 0.262. The summed E-state index contributed by atoms with van der Waals surface area (Å²) >= 11 is 7.37. The Hall–Kier alpha value is 0.167. The first kappa shape index (κ1) is 13.2. The van der Waals surface area contributed by atoms with Gasteiger partial charge in [-0.2, -0.15) is 0 Å². The molecule has 85 valence electrons. The van der Waals surface area contributed by atoms with Crippen molar-refractivity contribution in [3.63, 3.8) is 0 Å². The minimum atomic E-state index is -1.63. The van der Waals surface area contributed by atoms with Gasteiger partial charge in [0.25, 0.3) is 0 Å². The number of halogens is 1. The van der Waals surface area contributed by atoms with Crippen LogP contribution in [0.15, 0.2) is 6.07 Å². The van der Waals surface area contributed by atoms with Crippen LogP contribution in [0.25, 0.3) is 0 Å². The molecule has 0 atom stereocenters. The number of hydrogen-bond donors (Lipinski definition) is 0. The molecule has 4 heteroatoms. The number of rotatable bonds is 3. The first-order valence-corrected chi connectivity index (χ1v) is 9.12. The zero-order valence-electron chi connectivity index (χ0n) is 9.98. The van der Waals surface area contributed by atoms with E-state index in [0.29, 0.717) is 10.9 Å². The Kier molecular flexibility index (Phi) is 4.04. The smallest absolute Gasteiger partial charge is 0.192 e. The van der Waals surface area contributed by atoms with Gasteiger partial charge in [0.2, 0.25) is 0 Å². The molecule has 0 aromatic carbocycles. The average Bonchev–Trinajstić information content (AvgIpc) is 2.46. The predicted molar refractivity (Wildman–Crippen MR) is 70.2 cm³/mol. The van der Waals surface area contributed by atoms with Crippen molar-refractivity contribution in [1.82, 2.24) is 0 Å². The molecule has 0 saturated heterocycles. The van der Waals surface area contributed by atoms with Crippen LogP contribution in [0.2, 0.25) is 22.5 Å². The van der Waals surface area contributed by atoms with Crippen LogP contribution in [0, 0.1) is 6.07 Å². The first-order chi connectivity index (χ1) is 6.72. The third-order valence-electron chi connectivity index (χ3n) is 2.95. The quantitative estimate of drug-likeness (QED) is 0.715. The van der Waals surface area contributed by atoms with Crippen LogP contribution >= 0.6 is 22.9 Å². The Balaban J connectivity index is 2.57. The van der Waals surface area contributed by atoms with Crippen LogP contribution in [0.4, 0.5) is 0 Å². The molecule has 0 aliphatic rings. The maximum absolute atomic E-state index is 6.06. The van der Waals surface area contributed by atoms with Crippen LogP contribution in [0.3, 0.4) is 0 Å². The molecule has 0 unspecified atom stereocenters. The molecular weight excluding hydrogens is 244 g/mol. The second kappa shape index (κ2) is 4.58. The summed E-state index contributed by atoms with van der Waals surface area (Å²) in [5, 5.41) is 0.262. The second-order valence-electron chi connectivity index (χ2n) is 5.18. The molecule has 1 aromatic rings. The monoisotopic (exact) mass is 261 g/mol. The van der Waals surface area contributed by atoms with E-state index in [0.717, 1.165) is 4.88 Å². The van der Waals surface area contributed by atoms with Crippen LogP contribution in [0.5, 0.6) is 0 Å². The van der Waals surface area contributed by atoms with Crippen molar-refractivity contribution >= 4 is 31.3 Å². The highest BCUT2D eigenvalue weighted by Gasteiger charge is 2.37. The Bertz CT molecular complexity index is 328. The summed E-state index contributed by atoms with van der Waals surface area (Å²) in [5.41, 5.74) is 0. The van der Waals surface area contributed by atoms with Crippen molar-refractivity contribution in [1.29, 1.82) is 0 Å². The van der Waals surface area contributed by atoms with Crippen LogP contribution in [-0.4, -0.2) is 8.32 Å². The molecule has 1 rings (SSSR count). The summed E-state index contributed by atoms with van der Waals surface area (Å²) in [6.45, 7) is 11.9. The van der Waals surface area contributed by atoms with Gasteiger partial charge in [0.15, 0.2) is 8.32 Å². The standard InChI is InChI=1S/C11H18ClOSSi/c1-11(2,3)15(4,5)13-8-9-6-7-10(12)14-9/h6H,8H2,1-5H3. The molecule has 15 heavy (non-hydrogen) atoms. The third kappa shape index (κ3) is 3.59. The van der Waals surface area contributed by atoms with Crippen LogP contribution < -0.4 is 0 Å². The lowest BCUT2D eigenvalue weighted by Gasteiger charge is -2.35. The lowest BCUT2D eigenvalue weighted by Crippen LogP contribution is -2.40. The van der Waals surface area contributed by atoms with E-state index in [9.17, 15) is 0 Å². The van der Waals surface area contributed by atoms with E-state index in [2.05, 4.69) is 39.9 Å². The summed E-state index contributed by atoms with van der Waals surface area (Å²) in [6.07, 6.45) is 0. The second-order valence-corrected chi connectivity index (χ2v) is 11.7. The molecule has 1 nitrogen and oxygen atoms in total. The SMILES string of the molecule is CC(C)(C)[Si](C)(C)OCc1c[c]c(Cl)s1. The van der Waals surface area contributed by atoms with Gasteiger partial charge in [0.05, 0.1) is 6.61 Å². The van der Waals surface area contributed by atoms with Crippen molar-refractivity contribution in [3.8, 4) is 0 Å². The minimum Gasteiger partial charge on any atom is -0.412 e. The highest BCUT2D eigenvalue weighted by Crippen LogP contribution is 2.37. The van der Waals surface area contributed by atoms with E-state index in [1.165, 1.54) is 0 Å². The van der Waals surface area contributed by atoms with Crippen molar-refractivity contribution < 1.29 is 4.43 Å². The first-order valence-electron chi connectivity index (χ1n) is 5.02. The number of thiophene rings is 1. The Morgan fingerprint density at radius 2 is 2.07 bits per heavy atom. The lowest BCUT2D eigenvalue weighted by atomic mass is 10.2. The van der Waals surface area contributed by atoms with Crippen molar-refractivity contribution in [2.75, 3.05) is 0 Å². The molecule has 0 saturated carbocycles. The molecule has 0 bridgehead atoms. The van der Waals surface area contributed by atoms with Gasteiger partial charge in [-0.1, -0.05) is 32.4 Å². The Morgan fingerprint density at radius 3 is 2.47 bits per heavy atom. The summed E-state index contributed by atoms with van der Waals surface area (Å²) in [6, 6.07) is 4.88. The van der Waals surface area contributed by atoms with Gasteiger partial charge in [-0.15, -0.1) is 11.3 Å². The van der Waals surface area contributed by atoms with E-state index in [-0.39, 0.29) is 5.04 Å². The fourth-order valence-corrected chi connectivity index (χ4v) is 2.84. The topological polar surface area (TPSA) is 9.23 Å². The summed E-state index contributed by atoms with van der Waals surface area (Å²) in [7, 11) is -1.63. The van der Waals surface area contributed by atoms with E-state index >= 15 is 0 Å². The molecule has 0 aliphatic carbocycles. The van der Waals surface area contributed by atoms with E-state index in [4.69, 9.17) is 16.0 Å². The molecular formula is C11H18ClOSSi. The summed E-state index contributed by atoms with van der Waals surface area (Å²) < 4.78 is 6.78. The molecule has 1 aromatic heterocycles. The van der Waals surface area contributed by atoms with E-state index in [1.807, 2.05) is 6.07 Å². The van der Waals surface area contributed by atoms with Crippen LogP contribution in [0.1, 0.15) is 25.6 Å². The number of hydrogen-bond acceptors (Lipinski definition) is 2. The van der Waals surface area contributed by atoms with E-state index < -0.39 is 8.32 Å². The maximum Gasteiger partial charge on any atom is 0.192 e. The molecule has 1 heterocycles. The van der Waals surface area contributed by atoms with Gasteiger partial charge in [0.1, 0.15) is 4.34 Å². The summed E-state index contributed by atoms with van der Waals surface area (Å²) in [4.78, 5) is 1.16. The Morgan fingerprint density at radius 1 is 1.47 bits per heavy atom. The fourth-order valence-electron chi connectivity index (χ4n) is 0.850. The predicted octanol–water partition coefficient (Wildman–Crippen LogP) is 4.72. The van der Waals surface area contributed by atoms with Gasteiger partial charge in [-0.05, 0) is 24.2 Å². The molecule has 0 aliphatic heterocycles. The molecule has 0 fully saturated rings. The zero-order valence-corrected chi connectivity index (χ0v) is 12.6. The molecule has 0 spiro atoms. The van der Waals surface area contributed by atoms with E-state index in [1.54, 1.807) is 11.3 Å². The Labute approximate surface area is 103 Å². The highest BCUT2D eigenvalue weighted by molar-refractivity contribution is 7.16. The maximum atomic E-state index is 6.06. The van der Waals surface area contributed by atoms with Gasteiger partial charge < -0.3 is 4.43 Å². The zero-order chi connectivity index (χ0) is 11.7. The van der Waals surface area contributed by atoms with Crippen molar-refractivity contribution in [2.24, 2.45) is 0 Å². The summed E-state index contributed by atoms with van der Waals surface area (Å²) in [5.74, 6) is 0. The highest BCUT2D eigenvalue weighted by atomic mass is 35.5. The van der Waals surface area contributed by atoms with Crippen molar-refractivity contribution in [2.45, 2.75) is 45.5 Å². The van der Waals surface area contributed by atoms with Crippen LogP contribution in [-0.2, 0) is 11.0 Å². The van der Waals surface area contributed by atoms with Crippen molar-refractivity contribution in [3.05, 3.63) is 21.3 Å². The molecule has 0 amide bonds.